The molecule has 4 aliphatic heterocycles. The van der Waals surface area contributed by atoms with Crippen LogP contribution in [0.5, 0.6) is 0 Å². The SMILES string of the molecule is [2H]NC1NC(Cl)NC(SCCNC2NCNC(NC3CCC(NC4NC(Cl)NC(NCCSC5NC(Cl)NC(N[2H])N5)N4)CC3)N2)N1. The summed E-state index contributed by atoms with van der Waals surface area (Å²) in [4.78, 5) is 0. The molecule has 11 unspecified atom stereocenters. The van der Waals surface area contributed by atoms with E-state index in [1.54, 1.807) is 23.5 Å². The molecule has 45 heavy (non-hydrogen) atoms. The lowest BCUT2D eigenvalue weighted by molar-refractivity contribution is 0.149. The normalized spacial score (nSPS) is 43.8. The molecule has 0 aromatic rings. The van der Waals surface area contributed by atoms with Gasteiger partial charge in [-0.1, -0.05) is 34.8 Å². The van der Waals surface area contributed by atoms with Crippen molar-refractivity contribution >= 4 is 58.3 Å². The largest absolute Gasteiger partial charge is 0.303 e. The molecular formula is C22H51Cl3N18S2. The highest BCUT2D eigenvalue weighted by Crippen LogP contribution is 2.19. The maximum atomic E-state index is 7.33. The maximum absolute atomic E-state index is 7.33. The second-order valence-corrected chi connectivity index (χ2v) is 15.0. The highest BCUT2D eigenvalue weighted by atomic mass is 35.5. The van der Waals surface area contributed by atoms with E-state index < -0.39 is 11.2 Å². The summed E-state index contributed by atoms with van der Waals surface area (Å²) in [7, 11) is 0. The lowest BCUT2D eigenvalue weighted by Gasteiger charge is -2.41. The predicted octanol–water partition coefficient (Wildman–Crippen LogP) is -5.04. The number of rotatable bonds is 16. The van der Waals surface area contributed by atoms with E-state index in [9.17, 15) is 0 Å². The number of thioether (sulfide) groups is 2. The Morgan fingerprint density at radius 3 is 1.67 bits per heavy atom. The van der Waals surface area contributed by atoms with E-state index in [4.69, 9.17) is 37.6 Å². The molecule has 0 bridgehead atoms. The number of hydrogen-bond donors (Lipinski definition) is 18. The van der Waals surface area contributed by atoms with Crippen LogP contribution in [0.2, 0.25) is 2.82 Å². The maximum Gasteiger partial charge on any atom is 0.139 e. The topological polar surface area (TPSA) is 245 Å². The fourth-order valence-electron chi connectivity index (χ4n) is 5.60. The Kier molecular flexibility index (Phi) is 14.7. The van der Waals surface area contributed by atoms with Crippen molar-refractivity contribution in [2.24, 2.45) is 11.5 Å². The zero-order valence-electron chi connectivity index (χ0n) is 26.8. The van der Waals surface area contributed by atoms with Crippen molar-refractivity contribution in [3.63, 3.8) is 0 Å². The number of alkyl halides is 3. The van der Waals surface area contributed by atoms with Crippen molar-refractivity contribution in [3.05, 3.63) is 0 Å². The molecule has 0 spiro atoms. The second-order valence-electron chi connectivity index (χ2n) is 11.2. The van der Waals surface area contributed by atoms with Gasteiger partial charge >= 0.3 is 0 Å². The van der Waals surface area contributed by atoms with E-state index in [-0.39, 0.29) is 54.4 Å². The van der Waals surface area contributed by atoms with Gasteiger partial charge in [-0.15, -0.1) is 23.5 Å². The van der Waals surface area contributed by atoms with E-state index in [1.807, 2.05) is 0 Å². The van der Waals surface area contributed by atoms with Gasteiger partial charge in [-0.05, 0) is 25.7 Å². The zero-order valence-corrected chi connectivity index (χ0v) is 28.7. The van der Waals surface area contributed by atoms with Crippen LogP contribution in [0.4, 0.5) is 0 Å². The summed E-state index contributed by atoms with van der Waals surface area (Å²) in [6.45, 7) is 2.23. The summed E-state index contributed by atoms with van der Waals surface area (Å²) in [6, 6.07) is 0.791. The number of nitrogens with two attached hydrogens (primary N) is 2. The third-order valence-corrected chi connectivity index (χ3v) is 10.6. The molecule has 4 saturated heterocycles. The van der Waals surface area contributed by atoms with Crippen LogP contribution in [0.15, 0.2) is 0 Å². The molecule has 262 valence electrons. The van der Waals surface area contributed by atoms with Crippen molar-refractivity contribution in [2.75, 3.05) is 31.3 Å². The van der Waals surface area contributed by atoms with Crippen LogP contribution in [-0.2, 0) is 0 Å². The molecule has 0 amide bonds. The minimum absolute atomic E-state index is 0.00721. The molecular weight excluding hydrogens is 687 g/mol. The highest BCUT2D eigenvalue weighted by Gasteiger charge is 2.31. The van der Waals surface area contributed by atoms with E-state index >= 15 is 0 Å². The Morgan fingerprint density at radius 2 is 1.07 bits per heavy atom. The molecule has 23 heteroatoms. The highest BCUT2D eigenvalue weighted by molar-refractivity contribution is 8.00. The van der Waals surface area contributed by atoms with Crippen LogP contribution < -0.4 is 96.5 Å². The standard InChI is InChI=1S/C22H51Cl3N18S2/c23-12-34-15(26)40-21(38-12)44-7-5-28-17-30-9-31-19(42-17)32-10-1-3-11(4-2-10)33-20-37-14(25)36-18(43-20)29-6-8-45-22-39-13(24)35-16(27)41-22/h10-22,28-43H,1-9,26-27H2/i/hD2. The van der Waals surface area contributed by atoms with Crippen molar-refractivity contribution in [1.82, 2.24) is 85.1 Å². The molecule has 1 aliphatic carbocycles. The van der Waals surface area contributed by atoms with Crippen LogP contribution in [0, 0.1) is 0 Å². The predicted molar refractivity (Wildman–Crippen MR) is 183 cm³/mol. The molecule has 5 aliphatic rings. The lowest BCUT2D eigenvalue weighted by atomic mass is 9.91. The first-order valence-electron chi connectivity index (χ1n) is 16.4. The van der Waals surface area contributed by atoms with Gasteiger partial charge in [0.1, 0.15) is 68.4 Å². The summed E-state index contributed by atoms with van der Waals surface area (Å²) in [5.74, 6) is 1.68. The number of hydrogen-bond acceptors (Lipinski definition) is 20. The Balaban J connectivity index is 0.921. The van der Waals surface area contributed by atoms with Gasteiger partial charge in [0.15, 0.2) is 0 Å². The van der Waals surface area contributed by atoms with Gasteiger partial charge in [0.25, 0.3) is 0 Å². The summed E-state index contributed by atoms with van der Waals surface area (Å²) < 4.78 is 14.7. The molecule has 1 saturated carbocycles. The lowest BCUT2D eigenvalue weighted by Crippen LogP contribution is -2.74. The molecule has 11 atom stereocenters. The molecule has 20 N–H and O–H groups in total. The Labute approximate surface area is 291 Å². The van der Waals surface area contributed by atoms with E-state index in [0.29, 0.717) is 18.8 Å². The first kappa shape index (κ1) is 34.3. The van der Waals surface area contributed by atoms with Crippen LogP contribution in [0.3, 0.4) is 0 Å². The summed E-state index contributed by atoms with van der Waals surface area (Å²) in [6.07, 6.45) is 3.23. The zero-order chi connectivity index (χ0) is 33.0. The minimum Gasteiger partial charge on any atom is -0.303 e. The van der Waals surface area contributed by atoms with E-state index in [2.05, 4.69) is 96.5 Å². The minimum atomic E-state index is -0.413. The van der Waals surface area contributed by atoms with E-state index in [0.717, 1.165) is 50.3 Å². The summed E-state index contributed by atoms with van der Waals surface area (Å²) in [5, 5.41) is 53.6. The molecule has 5 rings (SSSR count). The van der Waals surface area contributed by atoms with Gasteiger partial charge in [0.2, 0.25) is 0 Å². The van der Waals surface area contributed by atoms with Crippen molar-refractivity contribution in [1.29, 1.82) is 0 Å². The van der Waals surface area contributed by atoms with Gasteiger partial charge in [0, 0.05) is 36.7 Å². The van der Waals surface area contributed by atoms with Crippen molar-refractivity contribution in [3.8, 4) is 0 Å². The van der Waals surface area contributed by atoms with Crippen LogP contribution >= 0.6 is 58.3 Å². The number of nitrogens with one attached hydrogen (secondary N) is 16. The summed E-state index contributed by atoms with van der Waals surface area (Å²) >= 11 is 22.1. The first-order valence-corrected chi connectivity index (χ1v) is 18.8. The monoisotopic (exact) mass is 738 g/mol. The average Bonchev–Trinajstić information content (AvgIpc) is 3.05. The molecule has 18 nitrogen and oxygen atoms in total. The first-order chi connectivity index (χ1) is 22.8. The van der Waals surface area contributed by atoms with Gasteiger partial charge in [-0.25, -0.2) is 0 Å². The van der Waals surface area contributed by atoms with Crippen LogP contribution in [-0.4, -0.2) is 109 Å². The molecule has 4 heterocycles. The van der Waals surface area contributed by atoms with Gasteiger partial charge in [-0.2, -0.15) is 0 Å². The Morgan fingerprint density at radius 1 is 0.578 bits per heavy atom. The van der Waals surface area contributed by atoms with Gasteiger partial charge < -0.3 is 11.5 Å². The second kappa shape index (κ2) is 19.3. The summed E-state index contributed by atoms with van der Waals surface area (Å²) in [5.41, 5.74) is 3.47. The molecule has 0 radical (unpaired) electrons. The third-order valence-electron chi connectivity index (χ3n) is 7.76. The molecule has 5 fully saturated rings. The van der Waals surface area contributed by atoms with Crippen molar-refractivity contribution < 1.29 is 2.82 Å². The van der Waals surface area contributed by atoms with Gasteiger partial charge in [0.05, 0.1) is 6.67 Å². The third kappa shape index (κ3) is 13.2. The Bertz CT molecular complexity index is 899. The van der Waals surface area contributed by atoms with Crippen LogP contribution in [0.1, 0.15) is 25.7 Å². The quantitative estimate of drug-likeness (QED) is 0.0402. The van der Waals surface area contributed by atoms with Crippen molar-refractivity contribution in [2.45, 2.75) is 103 Å². The molecule has 0 aromatic carbocycles. The van der Waals surface area contributed by atoms with Crippen LogP contribution in [0.25, 0.3) is 0 Å². The van der Waals surface area contributed by atoms with E-state index in [1.165, 1.54) is 0 Å². The number of halogens is 3. The Hall–Kier alpha value is 0.850. The smallest absolute Gasteiger partial charge is 0.139 e. The fourth-order valence-corrected chi connectivity index (χ4v) is 8.38. The average molecular weight is 740 g/mol. The molecule has 0 aromatic heterocycles. The van der Waals surface area contributed by atoms with Gasteiger partial charge in [-0.3, -0.25) is 85.1 Å². The fraction of sp³-hybridized carbons (Fsp3) is 1.00.